The molecule has 1 N–H and O–H groups in total. The molecule has 0 aliphatic carbocycles. The fourth-order valence-corrected chi connectivity index (χ4v) is 4.50. The van der Waals surface area contributed by atoms with Gasteiger partial charge in [-0.1, -0.05) is 40.5 Å². The lowest BCUT2D eigenvalue weighted by Crippen LogP contribution is -2.21. The summed E-state index contributed by atoms with van der Waals surface area (Å²) >= 11 is 14.9. The van der Waals surface area contributed by atoms with Crippen molar-refractivity contribution in [2.45, 2.75) is 19.9 Å². The Labute approximate surface area is 139 Å². The van der Waals surface area contributed by atoms with Crippen LogP contribution in [0, 0.1) is 6.92 Å². The van der Waals surface area contributed by atoms with Crippen molar-refractivity contribution in [3.8, 4) is 0 Å². The second-order valence-corrected chi connectivity index (χ2v) is 8.05. The van der Waals surface area contributed by atoms with E-state index in [-0.39, 0.29) is 6.04 Å². The van der Waals surface area contributed by atoms with Crippen LogP contribution in [0.3, 0.4) is 0 Å². The SMILES string of the molecule is CCNC(c1cc(C)cc(Br)c1)c1cc(Cl)c(Br)s1. The molecule has 102 valence electrons. The number of aryl methyl sites for hydroxylation is 1. The maximum Gasteiger partial charge on any atom is 0.0888 e. The van der Waals surface area contributed by atoms with Crippen LogP contribution in [0.15, 0.2) is 32.5 Å². The van der Waals surface area contributed by atoms with Crippen LogP contribution in [0.2, 0.25) is 5.02 Å². The van der Waals surface area contributed by atoms with Crippen molar-refractivity contribution in [2.24, 2.45) is 0 Å². The van der Waals surface area contributed by atoms with Gasteiger partial charge in [0.05, 0.1) is 14.9 Å². The summed E-state index contributed by atoms with van der Waals surface area (Å²) < 4.78 is 2.09. The zero-order valence-corrected chi connectivity index (χ0v) is 15.4. The average molecular weight is 424 g/mol. The van der Waals surface area contributed by atoms with Gasteiger partial charge in [0.2, 0.25) is 0 Å². The number of benzene rings is 1. The third-order valence-corrected chi connectivity index (χ3v) is 5.75. The maximum atomic E-state index is 6.15. The number of hydrogen-bond acceptors (Lipinski definition) is 2. The van der Waals surface area contributed by atoms with Gasteiger partial charge in [-0.15, -0.1) is 11.3 Å². The highest BCUT2D eigenvalue weighted by atomic mass is 79.9. The second-order valence-electron chi connectivity index (χ2n) is 4.32. The average Bonchev–Trinajstić information content (AvgIpc) is 2.65. The standard InChI is InChI=1S/C14H14Br2ClNS/c1-3-18-13(12-7-11(17)14(16)19-12)9-4-8(2)5-10(15)6-9/h4-7,13,18H,3H2,1-2H3. The molecule has 0 radical (unpaired) electrons. The second kappa shape index (κ2) is 6.72. The Balaban J connectivity index is 2.44. The quantitative estimate of drug-likeness (QED) is 0.642. The third kappa shape index (κ3) is 3.82. The van der Waals surface area contributed by atoms with Gasteiger partial charge in [-0.2, -0.15) is 0 Å². The summed E-state index contributed by atoms with van der Waals surface area (Å²) in [5.41, 5.74) is 2.49. The van der Waals surface area contributed by atoms with Gasteiger partial charge in [0.25, 0.3) is 0 Å². The Bertz CT molecular complexity index is 543. The molecule has 0 aliphatic heterocycles. The molecule has 1 unspecified atom stereocenters. The van der Waals surface area contributed by atoms with Gasteiger partial charge >= 0.3 is 0 Å². The van der Waals surface area contributed by atoms with Crippen LogP contribution in [0.1, 0.15) is 29.0 Å². The summed E-state index contributed by atoms with van der Waals surface area (Å²) in [5.74, 6) is 0. The van der Waals surface area contributed by atoms with Crippen molar-refractivity contribution >= 4 is 54.8 Å². The van der Waals surface area contributed by atoms with Crippen molar-refractivity contribution in [1.29, 1.82) is 0 Å². The molecule has 1 atom stereocenters. The van der Waals surface area contributed by atoms with Crippen LogP contribution in [0.5, 0.6) is 0 Å². The smallest absolute Gasteiger partial charge is 0.0888 e. The molecule has 0 saturated carbocycles. The Hall–Kier alpha value is 0.130. The molecule has 0 fully saturated rings. The van der Waals surface area contributed by atoms with Gasteiger partial charge < -0.3 is 5.32 Å². The first-order valence-electron chi connectivity index (χ1n) is 5.96. The normalized spacial score (nSPS) is 12.7. The van der Waals surface area contributed by atoms with Gasteiger partial charge in [-0.05, 0) is 58.7 Å². The number of rotatable bonds is 4. The van der Waals surface area contributed by atoms with Gasteiger partial charge in [-0.25, -0.2) is 0 Å². The molecule has 0 amide bonds. The fraction of sp³-hybridized carbons (Fsp3) is 0.286. The molecule has 0 spiro atoms. The fourth-order valence-electron chi connectivity index (χ4n) is 2.02. The minimum Gasteiger partial charge on any atom is -0.306 e. The van der Waals surface area contributed by atoms with E-state index >= 15 is 0 Å². The Morgan fingerprint density at radius 3 is 2.53 bits per heavy atom. The molecule has 2 aromatic rings. The van der Waals surface area contributed by atoms with Crippen LogP contribution in [0.4, 0.5) is 0 Å². The predicted octanol–water partition coefficient (Wildman–Crippen LogP) is 5.93. The van der Waals surface area contributed by atoms with Gasteiger partial charge in [0, 0.05) is 9.35 Å². The van der Waals surface area contributed by atoms with Crippen molar-refractivity contribution in [3.63, 3.8) is 0 Å². The molecule has 1 aromatic heterocycles. The largest absolute Gasteiger partial charge is 0.306 e. The summed E-state index contributed by atoms with van der Waals surface area (Å²) in [7, 11) is 0. The van der Waals surface area contributed by atoms with Gasteiger partial charge in [0.15, 0.2) is 0 Å². The van der Waals surface area contributed by atoms with E-state index in [9.17, 15) is 0 Å². The molecular weight excluding hydrogens is 409 g/mol. The Kier molecular flexibility index (Phi) is 5.49. The third-order valence-electron chi connectivity index (χ3n) is 2.75. The number of hydrogen-bond donors (Lipinski definition) is 1. The van der Waals surface area contributed by atoms with Gasteiger partial charge in [-0.3, -0.25) is 0 Å². The van der Waals surface area contributed by atoms with Crippen LogP contribution in [0.25, 0.3) is 0 Å². The van der Waals surface area contributed by atoms with Crippen molar-refractivity contribution in [2.75, 3.05) is 6.54 Å². The van der Waals surface area contributed by atoms with E-state index in [2.05, 4.69) is 69.2 Å². The highest BCUT2D eigenvalue weighted by Crippen LogP contribution is 2.38. The van der Waals surface area contributed by atoms with Gasteiger partial charge in [0.1, 0.15) is 0 Å². The number of nitrogens with one attached hydrogen (secondary N) is 1. The molecule has 5 heteroatoms. The molecule has 1 heterocycles. The van der Waals surface area contributed by atoms with E-state index in [0.29, 0.717) is 0 Å². The summed E-state index contributed by atoms with van der Waals surface area (Å²) in [6.07, 6.45) is 0. The van der Waals surface area contributed by atoms with Crippen LogP contribution < -0.4 is 5.32 Å². The van der Waals surface area contributed by atoms with E-state index in [1.807, 2.05) is 6.07 Å². The summed E-state index contributed by atoms with van der Waals surface area (Å²) in [6, 6.07) is 8.68. The monoisotopic (exact) mass is 421 g/mol. The number of thiophene rings is 1. The first-order chi connectivity index (χ1) is 9.01. The maximum absolute atomic E-state index is 6.15. The van der Waals surface area contributed by atoms with Crippen molar-refractivity contribution in [1.82, 2.24) is 5.32 Å². The first-order valence-corrected chi connectivity index (χ1v) is 8.74. The summed E-state index contributed by atoms with van der Waals surface area (Å²) in [4.78, 5) is 1.22. The van der Waals surface area contributed by atoms with Crippen molar-refractivity contribution < 1.29 is 0 Å². The molecular formula is C14H14Br2ClNS. The predicted molar refractivity (Wildman–Crippen MR) is 91.4 cm³/mol. The van der Waals surface area contributed by atoms with Crippen LogP contribution in [-0.2, 0) is 0 Å². The van der Waals surface area contributed by atoms with E-state index in [0.717, 1.165) is 19.8 Å². The Morgan fingerprint density at radius 2 is 2.00 bits per heavy atom. The number of halogens is 3. The molecule has 2 rings (SSSR count). The lowest BCUT2D eigenvalue weighted by Gasteiger charge is -2.18. The van der Waals surface area contributed by atoms with Crippen LogP contribution >= 0.6 is 54.8 Å². The van der Waals surface area contributed by atoms with Crippen molar-refractivity contribution in [3.05, 3.63) is 53.6 Å². The minimum atomic E-state index is 0.176. The molecule has 19 heavy (non-hydrogen) atoms. The van der Waals surface area contributed by atoms with E-state index in [4.69, 9.17) is 11.6 Å². The molecule has 0 bridgehead atoms. The molecule has 1 aromatic carbocycles. The van der Waals surface area contributed by atoms with E-state index < -0.39 is 0 Å². The van der Waals surface area contributed by atoms with E-state index in [1.165, 1.54) is 16.0 Å². The minimum absolute atomic E-state index is 0.176. The van der Waals surface area contributed by atoms with Crippen LogP contribution in [-0.4, -0.2) is 6.54 Å². The topological polar surface area (TPSA) is 12.0 Å². The highest BCUT2D eigenvalue weighted by molar-refractivity contribution is 9.11. The summed E-state index contributed by atoms with van der Waals surface area (Å²) in [5, 5.41) is 4.29. The highest BCUT2D eigenvalue weighted by Gasteiger charge is 2.17. The zero-order valence-electron chi connectivity index (χ0n) is 10.6. The molecule has 1 nitrogen and oxygen atoms in total. The Morgan fingerprint density at radius 1 is 1.26 bits per heavy atom. The lowest BCUT2D eigenvalue weighted by molar-refractivity contribution is 0.639. The lowest BCUT2D eigenvalue weighted by atomic mass is 10.0. The zero-order chi connectivity index (χ0) is 14.0. The molecule has 0 aliphatic rings. The summed E-state index contributed by atoms with van der Waals surface area (Å²) in [6.45, 7) is 5.13. The molecule has 0 saturated heterocycles. The first kappa shape index (κ1) is 15.5. The van der Waals surface area contributed by atoms with E-state index in [1.54, 1.807) is 11.3 Å².